The number of allylic oxidation sites excluding steroid dienone is 2. The van der Waals surface area contributed by atoms with Gasteiger partial charge in [0.2, 0.25) is 0 Å². The summed E-state index contributed by atoms with van der Waals surface area (Å²) in [5.41, 5.74) is 2.70. The van der Waals surface area contributed by atoms with Crippen LogP contribution >= 0.6 is 0 Å². The number of imidazole rings is 1. The van der Waals surface area contributed by atoms with Crippen LogP contribution in [0.5, 0.6) is 0 Å². The fourth-order valence-corrected chi connectivity index (χ4v) is 2.27. The van der Waals surface area contributed by atoms with Gasteiger partial charge in [-0.2, -0.15) is 5.10 Å². The second-order valence-electron chi connectivity index (χ2n) is 5.50. The topological polar surface area (TPSA) is 89.3 Å². The molecule has 0 aromatic carbocycles. The van der Waals surface area contributed by atoms with Crippen molar-refractivity contribution in [2.24, 2.45) is 12.9 Å². The van der Waals surface area contributed by atoms with Gasteiger partial charge in [0.1, 0.15) is 0 Å². The first kappa shape index (κ1) is 18.2. The third-order valence-electron chi connectivity index (χ3n) is 3.19. The molecule has 0 saturated heterocycles. The van der Waals surface area contributed by atoms with Gasteiger partial charge in [0, 0.05) is 45.0 Å². The Balaban J connectivity index is 0.000000701. The Labute approximate surface area is 147 Å². The Morgan fingerprint density at radius 3 is 2.68 bits per heavy atom. The van der Waals surface area contributed by atoms with E-state index in [4.69, 9.17) is 5.84 Å². The zero-order chi connectivity index (χ0) is 18.4. The SMILES string of the molecule is C/C(=C\N(C)N)c1cnc2c(Nc3ccn(C)n3)nccn12.C=CC. The molecule has 3 aromatic rings. The van der Waals surface area contributed by atoms with Crippen molar-refractivity contribution >= 4 is 22.9 Å². The number of nitrogens with two attached hydrogens (primary N) is 1. The van der Waals surface area contributed by atoms with E-state index in [9.17, 15) is 0 Å². The molecule has 3 rings (SSSR count). The smallest absolute Gasteiger partial charge is 0.180 e. The quantitative estimate of drug-likeness (QED) is 0.431. The van der Waals surface area contributed by atoms with Crippen LogP contribution < -0.4 is 11.2 Å². The lowest BCUT2D eigenvalue weighted by Gasteiger charge is -2.08. The van der Waals surface area contributed by atoms with Crippen molar-refractivity contribution in [3.8, 4) is 0 Å². The average molecular weight is 340 g/mol. The largest absolute Gasteiger partial charge is 0.321 e. The third-order valence-corrected chi connectivity index (χ3v) is 3.19. The molecule has 3 aromatic heterocycles. The summed E-state index contributed by atoms with van der Waals surface area (Å²) in [6.45, 7) is 7.24. The molecule has 0 atom stereocenters. The Morgan fingerprint density at radius 2 is 2.08 bits per heavy atom. The van der Waals surface area contributed by atoms with E-state index >= 15 is 0 Å². The Morgan fingerprint density at radius 1 is 1.36 bits per heavy atom. The van der Waals surface area contributed by atoms with Crippen LogP contribution in [0.15, 0.2) is 49.7 Å². The fraction of sp³-hybridized carbons (Fsp3) is 0.235. The highest BCUT2D eigenvalue weighted by Crippen LogP contribution is 2.21. The van der Waals surface area contributed by atoms with Crippen molar-refractivity contribution in [3.05, 3.63) is 55.4 Å². The molecule has 0 unspecified atom stereocenters. The summed E-state index contributed by atoms with van der Waals surface area (Å²) in [6.07, 6.45) is 10.9. The Kier molecular flexibility index (Phi) is 5.91. The average Bonchev–Trinajstić information content (AvgIpc) is 3.14. The van der Waals surface area contributed by atoms with Crippen LogP contribution in [0.4, 0.5) is 11.6 Å². The Bertz CT molecular complexity index is 872. The van der Waals surface area contributed by atoms with E-state index in [1.807, 2.05) is 50.0 Å². The summed E-state index contributed by atoms with van der Waals surface area (Å²) in [5, 5.41) is 8.98. The maximum absolute atomic E-state index is 5.67. The van der Waals surface area contributed by atoms with E-state index < -0.39 is 0 Å². The summed E-state index contributed by atoms with van der Waals surface area (Å²) in [7, 11) is 3.65. The maximum Gasteiger partial charge on any atom is 0.180 e. The van der Waals surface area contributed by atoms with Gasteiger partial charge in [0.15, 0.2) is 17.3 Å². The van der Waals surface area contributed by atoms with Crippen molar-refractivity contribution in [2.45, 2.75) is 13.8 Å². The molecule has 0 aliphatic carbocycles. The number of rotatable bonds is 4. The lowest BCUT2D eigenvalue weighted by atomic mass is 10.2. The zero-order valence-electron chi connectivity index (χ0n) is 15.0. The standard InChI is InChI=1S/C14H18N8.C3H6/c1-10(9-20(2)15)11-8-17-14-13(16-5-7-22(11)14)18-12-4-6-21(3)19-12;1-3-2/h4-9H,15H2,1-3H3,(H,16,18,19);3H,1H2,2H3/b10-9+;. The van der Waals surface area contributed by atoms with E-state index in [2.05, 4.69) is 27.0 Å². The predicted octanol–water partition coefficient (Wildman–Crippen LogP) is 2.57. The van der Waals surface area contributed by atoms with Crippen LogP contribution in [-0.4, -0.2) is 36.2 Å². The van der Waals surface area contributed by atoms with Gasteiger partial charge >= 0.3 is 0 Å². The van der Waals surface area contributed by atoms with Crippen LogP contribution in [0.25, 0.3) is 11.2 Å². The van der Waals surface area contributed by atoms with Crippen molar-refractivity contribution < 1.29 is 0 Å². The lowest BCUT2D eigenvalue weighted by Crippen LogP contribution is -2.19. The number of hydrogen-bond acceptors (Lipinski definition) is 6. The number of anilines is 2. The van der Waals surface area contributed by atoms with E-state index in [0.29, 0.717) is 5.82 Å². The third kappa shape index (κ3) is 4.45. The maximum atomic E-state index is 5.67. The zero-order valence-corrected chi connectivity index (χ0v) is 15.0. The molecule has 3 N–H and O–H groups in total. The first-order chi connectivity index (χ1) is 12.0. The first-order valence-corrected chi connectivity index (χ1v) is 7.78. The summed E-state index contributed by atoms with van der Waals surface area (Å²) in [4.78, 5) is 8.80. The van der Waals surface area contributed by atoms with E-state index in [1.54, 1.807) is 30.2 Å². The highest BCUT2D eigenvalue weighted by atomic mass is 15.4. The number of aryl methyl sites for hydroxylation is 1. The highest BCUT2D eigenvalue weighted by Gasteiger charge is 2.11. The normalized spacial score (nSPS) is 11.0. The van der Waals surface area contributed by atoms with E-state index in [0.717, 1.165) is 22.7 Å². The van der Waals surface area contributed by atoms with Crippen molar-refractivity contribution in [2.75, 3.05) is 12.4 Å². The van der Waals surface area contributed by atoms with Gasteiger partial charge in [-0.1, -0.05) is 6.08 Å². The lowest BCUT2D eigenvalue weighted by molar-refractivity contribution is 0.486. The first-order valence-electron chi connectivity index (χ1n) is 7.78. The molecule has 3 heterocycles. The molecule has 0 aliphatic rings. The van der Waals surface area contributed by atoms with Crippen LogP contribution in [0.2, 0.25) is 0 Å². The monoisotopic (exact) mass is 340 g/mol. The molecule has 8 nitrogen and oxygen atoms in total. The van der Waals surface area contributed by atoms with Crippen molar-refractivity contribution in [1.29, 1.82) is 0 Å². The summed E-state index contributed by atoms with van der Waals surface area (Å²) in [6, 6.07) is 1.88. The molecular formula is C17H24N8. The van der Waals surface area contributed by atoms with Crippen LogP contribution in [-0.2, 0) is 7.05 Å². The molecule has 0 radical (unpaired) electrons. The van der Waals surface area contributed by atoms with Gasteiger partial charge in [-0.3, -0.25) is 9.08 Å². The van der Waals surface area contributed by atoms with Crippen molar-refractivity contribution in [1.82, 2.24) is 29.2 Å². The van der Waals surface area contributed by atoms with Crippen molar-refractivity contribution in [3.63, 3.8) is 0 Å². The van der Waals surface area contributed by atoms with Crippen LogP contribution in [0, 0.1) is 0 Å². The van der Waals surface area contributed by atoms with Gasteiger partial charge in [-0.05, 0) is 19.4 Å². The number of fused-ring (bicyclic) bond motifs is 1. The molecule has 8 heteroatoms. The fourth-order valence-electron chi connectivity index (χ4n) is 2.27. The molecule has 25 heavy (non-hydrogen) atoms. The van der Waals surface area contributed by atoms with Gasteiger partial charge < -0.3 is 10.3 Å². The molecule has 0 aliphatic heterocycles. The molecular weight excluding hydrogens is 316 g/mol. The second-order valence-corrected chi connectivity index (χ2v) is 5.50. The van der Waals surface area contributed by atoms with Crippen LogP contribution in [0.3, 0.4) is 0 Å². The molecule has 132 valence electrons. The Hall–Kier alpha value is -3.13. The minimum atomic E-state index is 0.654. The van der Waals surface area contributed by atoms with Gasteiger partial charge in [-0.15, -0.1) is 6.58 Å². The summed E-state index contributed by atoms with van der Waals surface area (Å²) < 4.78 is 3.69. The second kappa shape index (κ2) is 8.11. The highest BCUT2D eigenvalue weighted by molar-refractivity contribution is 5.72. The number of hydrazine groups is 1. The number of hydrogen-bond donors (Lipinski definition) is 2. The minimum Gasteiger partial charge on any atom is -0.321 e. The number of nitrogens with zero attached hydrogens (tertiary/aromatic N) is 6. The van der Waals surface area contributed by atoms with E-state index in [1.165, 1.54) is 5.01 Å². The molecule has 0 saturated carbocycles. The van der Waals surface area contributed by atoms with Crippen LogP contribution in [0.1, 0.15) is 19.5 Å². The summed E-state index contributed by atoms with van der Waals surface area (Å²) in [5.74, 6) is 7.05. The van der Waals surface area contributed by atoms with E-state index in [-0.39, 0.29) is 0 Å². The predicted molar refractivity (Wildman–Crippen MR) is 101 cm³/mol. The summed E-state index contributed by atoms with van der Waals surface area (Å²) >= 11 is 0. The minimum absolute atomic E-state index is 0.654. The molecule has 0 bridgehead atoms. The molecule has 0 fully saturated rings. The van der Waals surface area contributed by atoms with Gasteiger partial charge in [0.05, 0.1) is 11.9 Å². The van der Waals surface area contributed by atoms with Gasteiger partial charge in [0.25, 0.3) is 0 Å². The molecule has 0 spiro atoms. The van der Waals surface area contributed by atoms with Gasteiger partial charge in [-0.25, -0.2) is 15.8 Å². The molecule has 0 amide bonds. The number of aromatic nitrogens is 5. The number of nitrogens with one attached hydrogen (secondary N) is 1.